The van der Waals surface area contributed by atoms with E-state index in [0.29, 0.717) is 11.3 Å². The number of nitrogens with one attached hydrogen (secondary N) is 2. The highest BCUT2D eigenvalue weighted by Crippen LogP contribution is 2.65. The SMILES string of the molecule is COc1ccc2c(c1)[C@]1(CC1c1ccc3c(C=Cc4cc(F)c(CN(C)C)c(F)c4)n[nH]c3c1)C(=O)N2. The van der Waals surface area contributed by atoms with Crippen LogP contribution in [0, 0.1) is 11.6 Å². The summed E-state index contributed by atoms with van der Waals surface area (Å²) in [6.45, 7) is 0.192. The van der Waals surface area contributed by atoms with Crippen molar-refractivity contribution in [1.29, 1.82) is 0 Å². The van der Waals surface area contributed by atoms with E-state index in [-0.39, 0.29) is 23.9 Å². The molecule has 0 radical (unpaired) electrons. The number of carbonyl (C=O) groups is 1. The van der Waals surface area contributed by atoms with E-state index < -0.39 is 17.0 Å². The first-order chi connectivity index (χ1) is 17.8. The lowest BCUT2D eigenvalue weighted by molar-refractivity contribution is -0.118. The molecule has 1 fully saturated rings. The molecule has 6 rings (SSSR count). The summed E-state index contributed by atoms with van der Waals surface area (Å²) in [5.74, 6) is -0.339. The molecule has 188 valence electrons. The van der Waals surface area contributed by atoms with Crippen LogP contribution in [0.15, 0.2) is 48.5 Å². The highest BCUT2D eigenvalue weighted by molar-refractivity contribution is 6.10. The predicted octanol–water partition coefficient (Wildman–Crippen LogP) is 5.46. The molecule has 2 N–H and O–H groups in total. The lowest BCUT2D eigenvalue weighted by Gasteiger charge is -2.12. The van der Waals surface area contributed by atoms with Crippen LogP contribution in [0.3, 0.4) is 0 Å². The van der Waals surface area contributed by atoms with Crippen LogP contribution in [0.4, 0.5) is 14.5 Å². The molecule has 37 heavy (non-hydrogen) atoms. The lowest BCUT2D eigenvalue weighted by atomic mass is 9.91. The van der Waals surface area contributed by atoms with Crippen molar-refractivity contribution in [3.63, 3.8) is 0 Å². The second-order valence-electron chi connectivity index (χ2n) is 10.0. The fourth-order valence-corrected chi connectivity index (χ4v) is 5.46. The molecule has 1 unspecified atom stereocenters. The van der Waals surface area contributed by atoms with Crippen molar-refractivity contribution in [3.8, 4) is 5.75 Å². The zero-order valence-corrected chi connectivity index (χ0v) is 20.7. The van der Waals surface area contributed by atoms with E-state index in [1.165, 1.54) is 12.1 Å². The summed E-state index contributed by atoms with van der Waals surface area (Å²) in [4.78, 5) is 14.7. The molecule has 1 aliphatic carbocycles. The van der Waals surface area contributed by atoms with Crippen molar-refractivity contribution >= 4 is 34.6 Å². The molecular weight excluding hydrogens is 474 g/mol. The van der Waals surface area contributed by atoms with Gasteiger partial charge < -0.3 is 15.0 Å². The van der Waals surface area contributed by atoms with Crippen LogP contribution in [0.2, 0.25) is 0 Å². The van der Waals surface area contributed by atoms with Crippen molar-refractivity contribution < 1.29 is 18.3 Å². The number of hydrogen-bond donors (Lipinski definition) is 2. The van der Waals surface area contributed by atoms with Gasteiger partial charge in [-0.05, 0) is 79.7 Å². The summed E-state index contributed by atoms with van der Waals surface area (Å²) in [7, 11) is 5.15. The molecule has 6 nitrogen and oxygen atoms in total. The zero-order chi connectivity index (χ0) is 25.9. The number of benzene rings is 3. The number of nitrogens with zero attached hydrogens (tertiary/aromatic N) is 2. The number of amides is 1. The minimum atomic E-state index is -0.576. The maximum Gasteiger partial charge on any atom is 0.235 e. The van der Waals surface area contributed by atoms with E-state index in [1.807, 2.05) is 36.4 Å². The summed E-state index contributed by atoms with van der Waals surface area (Å²) in [6, 6.07) is 14.4. The topological polar surface area (TPSA) is 70.2 Å². The third-order valence-corrected chi connectivity index (χ3v) is 7.41. The molecule has 0 bridgehead atoms. The molecule has 3 aromatic carbocycles. The van der Waals surface area contributed by atoms with Crippen molar-refractivity contribution in [1.82, 2.24) is 15.1 Å². The lowest BCUT2D eigenvalue weighted by Crippen LogP contribution is -2.21. The number of rotatable bonds is 6. The number of methoxy groups -OCH3 is 1. The van der Waals surface area contributed by atoms with Crippen molar-refractivity contribution in [2.45, 2.75) is 24.3 Å². The Labute approximate surface area is 212 Å². The Balaban J connectivity index is 1.26. The van der Waals surface area contributed by atoms with Crippen LogP contribution >= 0.6 is 0 Å². The van der Waals surface area contributed by atoms with Gasteiger partial charge in [-0.15, -0.1) is 0 Å². The van der Waals surface area contributed by atoms with Crippen LogP contribution < -0.4 is 10.1 Å². The summed E-state index contributed by atoms with van der Waals surface area (Å²) >= 11 is 0. The third kappa shape index (κ3) is 3.79. The van der Waals surface area contributed by atoms with Gasteiger partial charge in [-0.1, -0.05) is 18.2 Å². The van der Waals surface area contributed by atoms with Gasteiger partial charge in [-0.2, -0.15) is 5.10 Å². The van der Waals surface area contributed by atoms with E-state index in [9.17, 15) is 13.6 Å². The summed E-state index contributed by atoms with van der Waals surface area (Å²) < 4.78 is 34.3. The zero-order valence-electron chi connectivity index (χ0n) is 20.7. The Hall–Kier alpha value is -4.04. The molecular formula is C29H26F2N4O2. The Bertz CT molecular complexity index is 1570. The number of aromatic amines is 1. The minimum Gasteiger partial charge on any atom is -0.497 e. The maximum absolute atomic E-state index is 14.4. The highest BCUT2D eigenvalue weighted by atomic mass is 19.1. The molecule has 1 aliphatic heterocycles. The molecule has 4 aromatic rings. The van der Waals surface area contributed by atoms with Crippen LogP contribution in [-0.2, 0) is 16.8 Å². The molecule has 2 heterocycles. The average molecular weight is 501 g/mol. The van der Waals surface area contributed by atoms with Gasteiger partial charge in [-0.25, -0.2) is 8.78 Å². The van der Waals surface area contributed by atoms with E-state index in [2.05, 4.69) is 15.5 Å². The van der Waals surface area contributed by atoms with E-state index in [1.54, 1.807) is 38.3 Å². The maximum atomic E-state index is 14.4. The first-order valence-corrected chi connectivity index (χ1v) is 12.1. The second-order valence-corrected chi connectivity index (χ2v) is 10.0. The standard InChI is InChI=1S/C29H26F2N4O2/c1-35(2)15-20-23(30)10-16(11-24(20)31)4-8-25-19-7-5-17(12-27(19)34-33-25)22-14-29(22)21-13-18(37-3)6-9-26(21)32-28(29)36/h4-13,22H,14-15H2,1-3H3,(H,32,36)(H,33,34)/t22?,29-/m0/s1. The molecule has 0 saturated heterocycles. The Morgan fingerprint density at radius 2 is 1.89 bits per heavy atom. The van der Waals surface area contributed by atoms with Gasteiger partial charge >= 0.3 is 0 Å². The van der Waals surface area contributed by atoms with Gasteiger partial charge in [0.2, 0.25) is 5.91 Å². The van der Waals surface area contributed by atoms with Gasteiger partial charge in [0, 0.05) is 29.1 Å². The number of hydrogen-bond acceptors (Lipinski definition) is 4. The van der Waals surface area contributed by atoms with Crippen LogP contribution in [0.5, 0.6) is 5.75 Å². The second kappa shape index (κ2) is 8.52. The summed E-state index contributed by atoms with van der Waals surface area (Å²) in [5.41, 5.74) is 4.27. The molecule has 1 amide bonds. The van der Waals surface area contributed by atoms with Gasteiger partial charge in [0.05, 0.1) is 23.7 Å². The molecule has 1 aromatic heterocycles. The van der Waals surface area contributed by atoms with Gasteiger partial charge in [-0.3, -0.25) is 9.89 Å². The van der Waals surface area contributed by atoms with Crippen molar-refractivity contribution in [2.24, 2.45) is 0 Å². The highest BCUT2D eigenvalue weighted by Gasteiger charge is 2.65. The number of ether oxygens (including phenoxy) is 1. The Morgan fingerprint density at radius 3 is 2.62 bits per heavy atom. The fraction of sp³-hybridized carbons (Fsp3) is 0.241. The van der Waals surface area contributed by atoms with E-state index in [4.69, 9.17) is 4.74 Å². The first-order valence-electron chi connectivity index (χ1n) is 12.1. The van der Waals surface area contributed by atoms with Crippen molar-refractivity contribution in [3.05, 3.63) is 88.1 Å². The molecule has 8 heteroatoms. The number of carbonyl (C=O) groups excluding carboxylic acids is 1. The Morgan fingerprint density at radius 1 is 1.11 bits per heavy atom. The summed E-state index contributed by atoms with van der Waals surface area (Å²) in [6.07, 6.45) is 4.12. The Kier molecular flexibility index (Phi) is 5.38. The third-order valence-electron chi connectivity index (χ3n) is 7.41. The van der Waals surface area contributed by atoms with Crippen LogP contribution in [-0.4, -0.2) is 42.2 Å². The number of fused-ring (bicyclic) bond motifs is 3. The summed E-state index contributed by atoms with van der Waals surface area (Å²) in [5, 5.41) is 11.3. The predicted molar refractivity (Wildman–Crippen MR) is 139 cm³/mol. The molecule has 2 aliphatic rings. The molecule has 1 saturated carbocycles. The monoisotopic (exact) mass is 500 g/mol. The average Bonchev–Trinajstić information content (AvgIpc) is 3.41. The largest absolute Gasteiger partial charge is 0.497 e. The quantitative estimate of drug-likeness (QED) is 0.369. The minimum absolute atomic E-state index is 0.0187. The number of H-pyrrole nitrogens is 1. The van der Waals surface area contributed by atoms with Gasteiger partial charge in [0.15, 0.2) is 0 Å². The van der Waals surface area contributed by atoms with Crippen LogP contribution in [0.1, 0.15) is 40.3 Å². The molecule has 1 spiro atoms. The number of anilines is 1. The van der Waals surface area contributed by atoms with E-state index in [0.717, 1.165) is 39.9 Å². The van der Waals surface area contributed by atoms with E-state index >= 15 is 0 Å². The number of aromatic nitrogens is 2. The van der Waals surface area contributed by atoms with Crippen molar-refractivity contribution in [2.75, 3.05) is 26.5 Å². The van der Waals surface area contributed by atoms with Gasteiger partial charge in [0.1, 0.15) is 17.4 Å². The normalized spacial score (nSPS) is 20.3. The van der Waals surface area contributed by atoms with Crippen LogP contribution in [0.25, 0.3) is 23.1 Å². The smallest absolute Gasteiger partial charge is 0.235 e. The first kappa shape index (κ1) is 23.4. The fourth-order valence-electron chi connectivity index (χ4n) is 5.46. The molecule has 2 atom stereocenters. The number of halogens is 2. The van der Waals surface area contributed by atoms with Gasteiger partial charge in [0.25, 0.3) is 0 Å².